The largest absolute Gasteiger partial charge is 0.492 e. The van der Waals surface area contributed by atoms with Gasteiger partial charge in [-0.1, -0.05) is 30.3 Å². The second-order valence-electron chi connectivity index (χ2n) is 6.30. The van der Waals surface area contributed by atoms with Crippen molar-refractivity contribution in [3.05, 3.63) is 59.2 Å². The molecular weight excluding hydrogens is 316 g/mol. The second kappa shape index (κ2) is 6.97. The zero-order valence-electron chi connectivity index (χ0n) is 14.7. The number of anilines is 1. The van der Waals surface area contributed by atoms with Crippen molar-refractivity contribution in [1.29, 1.82) is 0 Å². The predicted molar refractivity (Wildman–Crippen MR) is 96.8 cm³/mol. The van der Waals surface area contributed by atoms with Crippen LogP contribution in [0.5, 0.6) is 5.75 Å². The van der Waals surface area contributed by atoms with Crippen LogP contribution in [0.2, 0.25) is 0 Å². The minimum Gasteiger partial charge on any atom is -0.492 e. The lowest BCUT2D eigenvalue weighted by Gasteiger charge is -2.20. The van der Waals surface area contributed by atoms with Crippen molar-refractivity contribution in [3.63, 3.8) is 0 Å². The van der Waals surface area contributed by atoms with Crippen molar-refractivity contribution in [2.24, 2.45) is 0 Å². The maximum absolute atomic E-state index is 12.8. The number of carbonyl (C=O) groups excluding carboxylic acids is 2. The third-order valence-electron chi connectivity index (χ3n) is 4.28. The molecule has 0 fully saturated rings. The molecule has 0 saturated heterocycles. The molecule has 1 atom stereocenters. The van der Waals surface area contributed by atoms with Crippen LogP contribution < -0.4 is 15.0 Å². The summed E-state index contributed by atoms with van der Waals surface area (Å²) in [4.78, 5) is 26.0. The monoisotopic (exact) mass is 338 g/mol. The average Bonchev–Trinajstić information content (AvgIpc) is 2.81. The quantitative estimate of drug-likeness (QED) is 0.912. The van der Waals surface area contributed by atoms with Crippen LogP contribution in [-0.4, -0.2) is 25.0 Å². The minimum absolute atomic E-state index is 0.118. The maximum Gasteiger partial charge on any atom is 0.254 e. The van der Waals surface area contributed by atoms with E-state index in [1.54, 1.807) is 4.90 Å². The molecule has 2 aromatic rings. The van der Waals surface area contributed by atoms with Gasteiger partial charge in [-0.05, 0) is 37.1 Å². The number of carbonyl (C=O) groups is 2. The fraction of sp³-hybridized carbons (Fsp3) is 0.300. The van der Waals surface area contributed by atoms with E-state index in [-0.39, 0.29) is 11.8 Å². The van der Waals surface area contributed by atoms with Crippen LogP contribution in [0.4, 0.5) is 5.69 Å². The molecule has 25 heavy (non-hydrogen) atoms. The Morgan fingerprint density at radius 2 is 1.96 bits per heavy atom. The lowest BCUT2D eigenvalue weighted by Crippen LogP contribution is -2.38. The van der Waals surface area contributed by atoms with Gasteiger partial charge in [-0.15, -0.1) is 0 Å². The van der Waals surface area contributed by atoms with E-state index in [1.165, 1.54) is 6.92 Å². The first-order valence-corrected chi connectivity index (χ1v) is 8.35. The van der Waals surface area contributed by atoms with Gasteiger partial charge in [0.05, 0.1) is 12.2 Å². The molecule has 0 spiro atoms. The van der Waals surface area contributed by atoms with Gasteiger partial charge in [0.1, 0.15) is 18.4 Å². The van der Waals surface area contributed by atoms with Crippen LogP contribution >= 0.6 is 0 Å². The fourth-order valence-corrected chi connectivity index (χ4v) is 3.21. The first-order chi connectivity index (χ1) is 12.0. The van der Waals surface area contributed by atoms with Crippen LogP contribution in [0.25, 0.3) is 0 Å². The minimum atomic E-state index is -0.619. The van der Waals surface area contributed by atoms with Crippen LogP contribution in [0.3, 0.4) is 0 Å². The van der Waals surface area contributed by atoms with Crippen molar-refractivity contribution >= 4 is 17.5 Å². The first-order valence-electron chi connectivity index (χ1n) is 8.35. The smallest absolute Gasteiger partial charge is 0.254 e. The molecule has 2 aromatic carbocycles. The lowest BCUT2D eigenvalue weighted by molar-refractivity contribution is -0.126. The molecule has 130 valence electrons. The summed E-state index contributed by atoms with van der Waals surface area (Å²) in [5.74, 6) is 0.450. The van der Waals surface area contributed by atoms with E-state index < -0.39 is 6.04 Å². The van der Waals surface area contributed by atoms with Gasteiger partial charge in [0.15, 0.2) is 0 Å². The van der Waals surface area contributed by atoms with Gasteiger partial charge in [-0.2, -0.15) is 0 Å². The van der Waals surface area contributed by atoms with Crippen molar-refractivity contribution in [1.82, 2.24) is 5.32 Å². The average molecular weight is 338 g/mol. The number of para-hydroxylation sites is 1. The van der Waals surface area contributed by atoms with Gasteiger partial charge in [0, 0.05) is 12.5 Å². The Hall–Kier alpha value is -2.82. The highest BCUT2D eigenvalue weighted by Gasteiger charge is 2.38. The summed E-state index contributed by atoms with van der Waals surface area (Å²) in [6.07, 6.45) is 0. The van der Waals surface area contributed by atoms with Gasteiger partial charge < -0.3 is 15.0 Å². The van der Waals surface area contributed by atoms with E-state index in [2.05, 4.69) is 5.32 Å². The second-order valence-corrected chi connectivity index (χ2v) is 6.30. The van der Waals surface area contributed by atoms with Gasteiger partial charge >= 0.3 is 0 Å². The number of fused-ring (bicyclic) bond motifs is 1. The molecule has 1 N–H and O–H groups in total. The fourth-order valence-electron chi connectivity index (χ4n) is 3.21. The van der Waals surface area contributed by atoms with Crippen LogP contribution in [0.15, 0.2) is 42.5 Å². The van der Waals surface area contributed by atoms with Gasteiger partial charge in [0.25, 0.3) is 5.91 Å². The van der Waals surface area contributed by atoms with Crippen LogP contribution in [-0.2, 0) is 9.59 Å². The zero-order valence-corrected chi connectivity index (χ0v) is 14.7. The normalized spacial score (nSPS) is 15.9. The Morgan fingerprint density at radius 1 is 1.20 bits per heavy atom. The standard InChI is InChI=1S/C20H22N2O3/c1-13-6-4-8-16(12-13)25-11-10-22-19-14(2)7-5-9-17(19)18(20(22)24)21-15(3)23/h4-9,12,18H,10-11H2,1-3H3,(H,21,23)/t18-/m1/s1. The van der Waals surface area contributed by atoms with E-state index in [1.807, 2.05) is 56.3 Å². The molecule has 0 saturated carbocycles. The molecule has 0 radical (unpaired) electrons. The topological polar surface area (TPSA) is 58.6 Å². The van der Waals surface area contributed by atoms with Gasteiger partial charge in [-0.3, -0.25) is 9.59 Å². The molecule has 3 rings (SSSR count). The summed E-state index contributed by atoms with van der Waals surface area (Å²) >= 11 is 0. The number of ether oxygens (including phenoxy) is 1. The number of nitrogens with zero attached hydrogens (tertiary/aromatic N) is 1. The SMILES string of the molecule is CC(=O)N[C@H]1C(=O)N(CCOc2cccc(C)c2)c2c(C)cccc21. The van der Waals surface area contributed by atoms with Crippen molar-refractivity contribution < 1.29 is 14.3 Å². The summed E-state index contributed by atoms with van der Waals surface area (Å²) in [6.45, 7) is 6.22. The highest BCUT2D eigenvalue weighted by molar-refractivity contribution is 6.06. The molecule has 2 amide bonds. The summed E-state index contributed by atoms with van der Waals surface area (Å²) < 4.78 is 5.79. The van der Waals surface area contributed by atoms with E-state index in [0.29, 0.717) is 13.2 Å². The molecular formula is C20H22N2O3. The summed E-state index contributed by atoms with van der Waals surface area (Å²) in [7, 11) is 0. The van der Waals surface area contributed by atoms with Crippen molar-refractivity contribution in [2.75, 3.05) is 18.1 Å². The first kappa shape index (κ1) is 17.0. The number of hydrogen-bond donors (Lipinski definition) is 1. The lowest BCUT2D eigenvalue weighted by atomic mass is 10.1. The third kappa shape index (κ3) is 3.50. The molecule has 1 aliphatic heterocycles. The Morgan fingerprint density at radius 3 is 2.68 bits per heavy atom. The molecule has 0 aliphatic carbocycles. The van der Waals surface area contributed by atoms with Crippen molar-refractivity contribution in [3.8, 4) is 5.75 Å². The Balaban J connectivity index is 1.77. The number of rotatable bonds is 5. The summed E-state index contributed by atoms with van der Waals surface area (Å²) in [6, 6.07) is 13.0. The third-order valence-corrected chi connectivity index (χ3v) is 4.28. The Labute approximate surface area is 147 Å². The predicted octanol–water partition coefficient (Wildman–Crippen LogP) is 2.91. The van der Waals surface area contributed by atoms with Gasteiger partial charge in [-0.25, -0.2) is 0 Å². The number of amides is 2. The van der Waals surface area contributed by atoms with E-state index >= 15 is 0 Å². The molecule has 5 nitrogen and oxygen atoms in total. The number of aryl methyl sites for hydroxylation is 2. The van der Waals surface area contributed by atoms with E-state index in [4.69, 9.17) is 4.74 Å². The van der Waals surface area contributed by atoms with E-state index in [9.17, 15) is 9.59 Å². The van der Waals surface area contributed by atoms with Crippen LogP contribution in [0.1, 0.15) is 29.7 Å². The van der Waals surface area contributed by atoms with Crippen LogP contribution in [0, 0.1) is 13.8 Å². The molecule has 0 bridgehead atoms. The Bertz CT molecular complexity index is 816. The summed E-state index contributed by atoms with van der Waals surface area (Å²) in [5.41, 5.74) is 3.85. The Kier molecular flexibility index (Phi) is 4.74. The molecule has 0 unspecified atom stereocenters. The molecule has 0 aromatic heterocycles. The summed E-state index contributed by atoms with van der Waals surface area (Å²) in [5, 5.41) is 2.75. The maximum atomic E-state index is 12.8. The number of hydrogen-bond acceptors (Lipinski definition) is 3. The number of nitrogens with one attached hydrogen (secondary N) is 1. The highest BCUT2D eigenvalue weighted by Crippen LogP contribution is 2.38. The highest BCUT2D eigenvalue weighted by atomic mass is 16.5. The zero-order chi connectivity index (χ0) is 18.0. The molecule has 5 heteroatoms. The number of benzene rings is 2. The van der Waals surface area contributed by atoms with Crippen molar-refractivity contribution in [2.45, 2.75) is 26.8 Å². The van der Waals surface area contributed by atoms with E-state index in [0.717, 1.165) is 28.1 Å². The molecule has 1 heterocycles. The van der Waals surface area contributed by atoms with Gasteiger partial charge in [0.2, 0.25) is 5.91 Å². The molecule has 1 aliphatic rings.